The number of hydrogen-bond donors (Lipinski definition) is 2. The fourth-order valence-electron chi connectivity index (χ4n) is 2.66. The van der Waals surface area contributed by atoms with Crippen molar-refractivity contribution in [2.75, 3.05) is 0 Å². The predicted molar refractivity (Wildman–Crippen MR) is 63.9 cm³/mol. The maximum absolute atomic E-state index is 13.5. The van der Waals surface area contributed by atoms with Gasteiger partial charge in [0.15, 0.2) is 0 Å². The third kappa shape index (κ3) is 2.87. The molecule has 18 heavy (non-hydrogen) atoms. The first kappa shape index (κ1) is 13.4. The van der Waals surface area contributed by atoms with Gasteiger partial charge in [-0.05, 0) is 24.8 Å². The summed E-state index contributed by atoms with van der Waals surface area (Å²) in [5.74, 6) is -1.49. The van der Waals surface area contributed by atoms with E-state index in [2.05, 4.69) is 0 Å². The first-order valence-electron chi connectivity index (χ1n) is 6.40. The van der Waals surface area contributed by atoms with Crippen LogP contribution >= 0.6 is 0 Å². The molecule has 2 atom stereocenters. The molecule has 0 radical (unpaired) electrons. The van der Waals surface area contributed by atoms with Gasteiger partial charge in [-0.1, -0.05) is 25.3 Å². The van der Waals surface area contributed by atoms with Gasteiger partial charge in [-0.3, -0.25) is 0 Å². The zero-order valence-electron chi connectivity index (χ0n) is 10.1. The first-order valence-corrected chi connectivity index (χ1v) is 6.40. The smallest absolute Gasteiger partial charge is 0.132 e. The standard InChI is InChI=1S/C14H18F2O2/c15-10-6-7-11(12(16)8-10)14(18)13(17)9-4-2-1-3-5-9/h6-9,13-14,17-18H,1-5H2. The quantitative estimate of drug-likeness (QED) is 0.873. The van der Waals surface area contributed by atoms with Crippen LogP contribution in [0.4, 0.5) is 8.78 Å². The highest BCUT2D eigenvalue weighted by atomic mass is 19.1. The SMILES string of the molecule is OC(c1ccc(F)cc1F)C(O)C1CCCCC1. The average molecular weight is 256 g/mol. The van der Waals surface area contributed by atoms with Gasteiger partial charge in [0.1, 0.15) is 17.7 Å². The van der Waals surface area contributed by atoms with Gasteiger partial charge in [0.2, 0.25) is 0 Å². The van der Waals surface area contributed by atoms with Crippen LogP contribution in [0.15, 0.2) is 18.2 Å². The van der Waals surface area contributed by atoms with Crippen LogP contribution in [-0.2, 0) is 0 Å². The molecular weight excluding hydrogens is 238 g/mol. The van der Waals surface area contributed by atoms with Gasteiger partial charge < -0.3 is 10.2 Å². The topological polar surface area (TPSA) is 40.5 Å². The lowest BCUT2D eigenvalue weighted by Crippen LogP contribution is -2.29. The second-order valence-electron chi connectivity index (χ2n) is 5.00. The molecule has 2 unspecified atom stereocenters. The number of rotatable bonds is 3. The summed E-state index contributed by atoms with van der Waals surface area (Å²) in [5.41, 5.74) is -0.0329. The van der Waals surface area contributed by atoms with Gasteiger partial charge in [-0.15, -0.1) is 0 Å². The van der Waals surface area contributed by atoms with Gasteiger partial charge in [0.25, 0.3) is 0 Å². The second-order valence-corrected chi connectivity index (χ2v) is 5.00. The van der Waals surface area contributed by atoms with Crippen LogP contribution in [0.1, 0.15) is 43.8 Å². The van der Waals surface area contributed by atoms with Crippen molar-refractivity contribution in [1.29, 1.82) is 0 Å². The number of halogens is 2. The normalized spacial score (nSPS) is 20.7. The molecule has 100 valence electrons. The van der Waals surface area contributed by atoms with E-state index in [-0.39, 0.29) is 11.5 Å². The highest BCUT2D eigenvalue weighted by Gasteiger charge is 2.30. The summed E-state index contributed by atoms with van der Waals surface area (Å²) in [4.78, 5) is 0. The molecule has 2 rings (SSSR count). The summed E-state index contributed by atoms with van der Waals surface area (Å²) in [6.45, 7) is 0. The monoisotopic (exact) mass is 256 g/mol. The van der Waals surface area contributed by atoms with Crippen molar-refractivity contribution in [3.8, 4) is 0 Å². The highest BCUT2D eigenvalue weighted by molar-refractivity contribution is 5.22. The summed E-state index contributed by atoms with van der Waals surface area (Å²) in [6, 6.07) is 3.02. The van der Waals surface area contributed by atoms with Crippen LogP contribution in [0, 0.1) is 17.6 Å². The molecule has 1 aliphatic rings. The Bertz CT molecular complexity index is 403. The summed E-state index contributed by atoms with van der Waals surface area (Å²) < 4.78 is 26.3. The van der Waals surface area contributed by atoms with Crippen molar-refractivity contribution < 1.29 is 19.0 Å². The Kier molecular flexibility index (Phi) is 4.30. The lowest BCUT2D eigenvalue weighted by molar-refractivity contribution is -0.0301. The number of aliphatic hydroxyl groups is 2. The molecule has 1 aromatic carbocycles. The molecule has 0 saturated heterocycles. The molecule has 2 N–H and O–H groups in total. The number of hydrogen-bond acceptors (Lipinski definition) is 2. The van der Waals surface area contributed by atoms with Crippen LogP contribution in [0.3, 0.4) is 0 Å². The van der Waals surface area contributed by atoms with Crippen LogP contribution in [0.25, 0.3) is 0 Å². The van der Waals surface area contributed by atoms with Crippen molar-refractivity contribution in [3.63, 3.8) is 0 Å². The van der Waals surface area contributed by atoms with Crippen molar-refractivity contribution in [2.45, 2.75) is 44.3 Å². The molecular formula is C14H18F2O2. The summed E-state index contributed by atoms with van der Waals surface area (Å²) in [7, 11) is 0. The Hall–Kier alpha value is -1.00. The lowest BCUT2D eigenvalue weighted by atomic mass is 9.82. The van der Waals surface area contributed by atoms with E-state index >= 15 is 0 Å². The molecule has 1 fully saturated rings. The molecule has 4 heteroatoms. The van der Waals surface area contributed by atoms with E-state index in [1.807, 2.05) is 0 Å². The van der Waals surface area contributed by atoms with Gasteiger partial charge in [0, 0.05) is 11.6 Å². The fourth-order valence-corrected chi connectivity index (χ4v) is 2.66. The van der Waals surface area contributed by atoms with E-state index in [4.69, 9.17) is 0 Å². The van der Waals surface area contributed by atoms with E-state index in [1.54, 1.807) is 0 Å². The van der Waals surface area contributed by atoms with Gasteiger partial charge in [-0.25, -0.2) is 8.78 Å². The molecule has 1 aliphatic carbocycles. The third-order valence-electron chi connectivity index (χ3n) is 3.74. The Morgan fingerprint density at radius 1 is 1.06 bits per heavy atom. The van der Waals surface area contributed by atoms with Crippen LogP contribution in [0.5, 0.6) is 0 Å². The molecule has 0 spiro atoms. The molecule has 1 saturated carbocycles. The Morgan fingerprint density at radius 2 is 1.72 bits per heavy atom. The van der Waals surface area contributed by atoms with Crippen LogP contribution in [0.2, 0.25) is 0 Å². The van der Waals surface area contributed by atoms with Crippen LogP contribution in [-0.4, -0.2) is 16.3 Å². The minimum atomic E-state index is -1.28. The minimum Gasteiger partial charge on any atom is -0.390 e. The Balaban J connectivity index is 2.11. The van der Waals surface area contributed by atoms with E-state index in [0.717, 1.165) is 44.2 Å². The van der Waals surface area contributed by atoms with E-state index in [9.17, 15) is 19.0 Å². The Labute approximate surface area is 105 Å². The third-order valence-corrected chi connectivity index (χ3v) is 3.74. The largest absolute Gasteiger partial charge is 0.390 e. The number of benzene rings is 1. The molecule has 2 nitrogen and oxygen atoms in total. The average Bonchev–Trinajstić information content (AvgIpc) is 2.38. The molecule has 1 aromatic rings. The van der Waals surface area contributed by atoms with E-state index in [1.165, 1.54) is 6.07 Å². The molecule has 0 aromatic heterocycles. The fraction of sp³-hybridized carbons (Fsp3) is 0.571. The lowest BCUT2D eigenvalue weighted by Gasteiger charge is -2.30. The van der Waals surface area contributed by atoms with E-state index < -0.39 is 23.8 Å². The maximum atomic E-state index is 13.5. The molecule has 0 heterocycles. The van der Waals surface area contributed by atoms with Crippen molar-refractivity contribution in [3.05, 3.63) is 35.4 Å². The van der Waals surface area contributed by atoms with Gasteiger partial charge in [-0.2, -0.15) is 0 Å². The maximum Gasteiger partial charge on any atom is 0.132 e. The summed E-state index contributed by atoms with van der Waals surface area (Å²) in [6.07, 6.45) is 2.63. The first-order chi connectivity index (χ1) is 8.59. The molecule has 0 bridgehead atoms. The second kappa shape index (κ2) is 5.76. The Morgan fingerprint density at radius 3 is 2.33 bits per heavy atom. The van der Waals surface area contributed by atoms with Crippen LogP contribution < -0.4 is 0 Å². The van der Waals surface area contributed by atoms with Crippen molar-refractivity contribution >= 4 is 0 Å². The van der Waals surface area contributed by atoms with E-state index in [0.29, 0.717) is 0 Å². The highest BCUT2D eigenvalue weighted by Crippen LogP contribution is 2.33. The zero-order chi connectivity index (χ0) is 13.1. The molecule has 0 aliphatic heterocycles. The van der Waals surface area contributed by atoms with Gasteiger partial charge >= 0.3 is 0 Å². The molecule has 0 amide bonds. The van der Waals surface area contributed by atoms with Crippen molar-refractivity contribution in [1.82, 2.24) is 0 Å². The number of aliphatic hydroxyl groups excluding tert-OH is 2. The predicted octanol–water partition coefficient (Wildman–Crippen LogP) is 2.94. The van der Waals surface area contributed by atoms with Gasteiger partial charge in [0.05, 0.1) is 6.10 Å². The minimum absolute atomic E-state index is 0.00166. The summed E-state index contributed by atoms with van der Waals surface area (Å²) in [5, 5.41) is 20.1. The van der Waals surface area contributed by atoms with Crippen molar-refractivity contribution in [2.24, 2.45) is 5.92 Å². The zero-order valence-corrected chi connectivity index (χ0v) is 10.1. The summed E-state index contributed by atoms with van der Waals surface area (Å²) >= 11 is 0.